The molecule has 0 saturated heterocycles. The average molecular weight is 396 g/mol. The predicted octanol–water partition coefficient (Wildman–Crippen LogP) is 1.93. The normalized spacial score (nSPS) is 12.8. The fraction of sp³-hybridized carbons (Fsp3) is 0.158. The summed E-state index contributed by atoms with van der Waals surface area (Å²) in [6, 6.07) is 14.4. The van der Waals surface area contributed by atoms with Crippen LogP contribution in [-0.4, -0.2) is 38.8 Å². The molecule has 0 unspecified atom stereocenters. The van der Waals surface area contributed by atoms with Crippen LogP contribution in [0.1, 0.15) is 15.9 Å². The number of ether oxygens (including phenoxy) is 1. The van der Waals surface area contributed by atoms with E-state index in [4.69, 9.17) is 4.74 Å². The smallest absolute Gasteiger partial charge is 0.344 e. The lowest BCUT2D eigenvalue weighted by Gasteiger charge is -2.18. The van der Waals surface area contributed by atoms with E-state index in [0.29, 0.717) is 28.7 Å². The van der Waals surface area contributed by atoms with Crippen LogP contribution in [-0.2, 0) is 11.3 Å². The van der Waals surface area contributed by atoms with E-state index >= 15 is 0 Å². The summed E-state index contributed by atoms with van der Waals surface area (Å²) in [5, 5.41) is 9.57. The van der Waals surface area contributed by atoms with Crippen molar-refractivity contribution in [3.8, 4) is 5.75 Å². The van der Waals surface area contributed by atoms with Crippen LogP contribution in [0.4, 0.5) is 5.69 Å². The average Bonchev–Trinajstić information content (AvgIpc) is 3.06. The number of rotatable bonds is 6. The molecule has 28 heavy (non-hydrogen) atoms. The number of aromatic amines is 1. The minimum atomic E-state index is -0.326. The van der Waals surface area contributed by atoms with Gasteiger partial charge in [-0.2, -0.15) is 0 Å². The van der Waals surface area contributed by atoms with Crippen molar-refractivity contribution in [3.05, 3.63) is 70.1 Å². The molecule has 1 aliphatic rings. The molecular weight excluding hydrogens is 380 g/mol. The van der Waals surface area contributed by atoms with E-state index < -0.39 is 0 Å². The molecule has 9 heteroatoms. The molecule has 0 radical (unpaired) electrons. The highest BCUT2D eigenvalue weighted by molar-refractivity contribution is 7.99. The number of carbonyl (C=O) groups is 2. The predicted molar refractivity (Wildman–Crippen MR) is 104 cm³/mol. The maximum absolute atomic E-state index is 12.6. The Labute approximate surface area is 163 Å². The molecule has 4 rings (SSSR count). The standard InChI is InChI=1S/C19H16N4O4S/c24-15(13-6-7-16-14(8-13)20-17(25)10-27-16)11-28-19-22-21-18(26)23(19)9-12-4-2-1-3-5-12/h1-8H,9-11H2,(H,20,25)(H,21,26). The quantitative estimate of drug-likeness (QED) is 0.487. The number of nitrogens with one attached hydrogen (secondary N) is 2. The van der Waals surface area contributed by atoms with Crippen molar-refractivity contribution >= 4 is 29.1 Å². The molecule has 2 aromatic carbocycles. The number of ketones is 1. The van der Waals surface area contributed by atoms with Gasteiger partial charge >= 0.3 is 5.69 Å². The largest absolute Gasteiger partial charge is 0.482 e. The molecule has 1 aliphatic heterocycles. The SMILES string of the molecule is O=C1COc2ccc(C(=O)CSc3n[nH]c(=O)n3Cc3ccccc3)cc2N1. The summed E-state index contributed by atoms with van der Waals surface area (Å²) in [5.41, 5.74) is 1.56. The minimum absolute atomic E-state index is 0.0335. The highest BCUT2D eigenvalue weighted by Gasteiger charge is 2.19. The van der Waals surface area contributed by atoms with Crippen molar-refractivity contribution < 1.29 is 14.3 Å². The van der Waals surface area contributed by atoms with Gasteiger partial charge in [-0.05, 0) is 23.8 Å². The van der Waals surface area contributed by atoms with Gasteiger partial charge in [-0.1, -0.05) is 42.1 Å². The Kier molecular flexibility index (Phi) is 4.98. The van der Waals surface area contributed by atoms with Gasteiger partial charge < -0.3 is 10.1 Å². The van der Waals surface area contributed by atoms with E-state index in [0.717, 1.165) is 5.56 Å². The van der Waals surface area contributed by atoms with Crippen LogP contribution in [0.25, 0.3) is 0 Å². The van der Waals surface area contributed by atoms with Gasteiger partial charge in [0, 0.05) is 5.56 Å². The van der Waals surface area contributed by atoms with Crippen LogP contribution in [0.3, 0.4) is 0 Å². The van der Waals surface area contributed by atoms with E-state index in [1.54, 1.807) is 18.2 Å². The third-order valence-electron chi connectivity index (χ3n) is 4.17. The van der Waals surface area contributed by atoms with E-state index in [1.165, 1.54) is 16.3 Å². The first-order valence-corrected chi connectivity index (χ1v) is 9.50. The molecule has 0 aliphatic carbocycles. The fourth-order valence-electron chi connectivity index (χ4n) is 2.79. The Morgan fingerprint density at radius 1 is 1.18 bits per heavy atom. The minimum Gasteiger partial charge on any atom is -0.482 e. The molecule has 8 nitrogen and oxygen atoms in total. The third-order valence-corrected chi connectivity index (χ3v) is 5.15. The number of aromatic nitrogens is 3. The topological polar surface area (TPSA) is 106 Å². The van der Waals surface area contributed by atoms with Crippen LogP contribution in [0.5, 0.6) is 5.75 Å². The molecule has 0 fully saturated rings. The molecule has 0 spiro atoms. The molecule has 1 amide bonds. The second-order valence-electron chi connectivity index (χ2n) is 6.14. The van der Waals surface area contributed by atoms with Gasteiger partial charge in [0.1, 0.15) is 5.75 Å². The summed E-state index contributed by atoms with van der Waals surface area (Å²) in [4.78, 5) is 36.0. The summed E-state index contributed by atoms with van der Waals surface area (Å²) >= 11 is 1.18. The van der Waals surface area contributed by atoms with Crippen molar-refractivity contribution in [3.63, 3.8) is 0 Å². The van der Waals surface area contributed by atoms with Crippen molar-refractivity contribution in [2.24, 2.45) is 0 Å². The van der Waals surface area contributed by atoms with Gasteiger partial charge in [-0.15, -0.1) is 5.10 Å². The molecule has 3 aromatic rings. The number of H-pyrrole nitrogens is 1. The lowest BCUT2D eigenvalue weighted by molar-refractivity contribution is -0.118. The number of anilines is 1. The zero-order valence-electron chi connectivity index (χ0n) is 14.7. The zero-order valence-corrected chi connectivity index (χ0v) is 15.5. The highest BCUT2D eigenvalue weighted by Crippen LogP contribution is 2.29. The lowest BCUT2D eigenvalue weighted by atomic mass is 10.1. The van der Waals surface area contributed by atoms with Crippen molar-refractivity contribution in [1.82, 2.24) is 14.8 Å². The molecule has 0 bridgehead atoms. The maximum atomic E-state index is 12.6. The summed E-state index contributed by atoms with van der Waals surface area (Å²) in [5.74, 6) is 0.238. The zero-order chi connectivity index (χ0) is 19.5. The number of hydrogen-bond acceptors (Lipinski definition) is 6. The van der Waals surface area contributed by atoms with Gasteiger partial charge in [-0.3, -0.25) is 14.2 Å². The lowest BCUT2D eigenvalue weighted by Crippen LogP contribution is -2.25. The number of Topliss-reactive ketones (excluding diaryl/α,β-unsaturated/α-hetero) is 1. The van der Waals surface area contributed by atoms with Crippen LogP contribution in [0, 0.1) is 0 Å². The first-order chi connectivity index (χ1) is 13.6. The Balaban J connectivity index is 1.47. The Hall–Kier alpha value is -3.33. The molecule has 1 aromatic heterocycles. The highest BCUT2D eigenvalue weighted by atomic mass is 32.2. The first-order valence-electron chi connectivity index (χ1n) is 8.52. The van der Waals surface area contributed by atoms with Crippen molar-refractivity contribution in [1.29, 1.82) is 0 Å². The van der Waals surface area contributed by atoms with Crippen LogP contribution < -0.4 is 15.7 Å². The molecule has 142 valence electrons. The van der Waals surface area contributed by atoms with Gasteiger partial charge in [0.05, 0.1) is 18.0 Å². The van der Waals surface area contributed by atoms with Crippen LogP contribution in [0.15, 0.2) is 58.5 Å². The first kappa shape index (κ1) is 18.1. The van der Waals surface area contributed by atoms with Crippen molar-refractivity contribution in [2.45, 2.75) is 11.7 Å². The Bertz CT molecular complexity index is 1090. The number of fused-ring (bicyclic) bond motifs is 1. The van der Waals surface area contributed by atoms with E-state index in [1.807, 2.05) is 30.3 Å². The summed E-state index contributed by atoms with van der Waals surface area (Å²) in [6.07, 6.45) is 0. The number of amides is 1. The molecule has 0 atom stereocenters. The number of hydrogen-bond donors (Lipinski definition) is 2. The number of carbonyl (C=O) groups excluding carboxylic acids is 2. The molecule has 0 saturated carbocycles. The van der Waals surface area contributed by atoms with Gasteiger partial charge in [0.15, 0.2) is 17.5 Å². The molecule has 2 N–H and O–H groups in total. The van der Waals surface area contributed by atoms with Crippen LogP contribution >= 0.6 is 11.8 Å². The Morgan fingerprint density at radius 3 is 2.82 bits per heavy atom. The van der Waals surface area contributed by atoms with E-state index in [9.17, 15) is 14.4 Å². The maximum Gasteiger partial charge on any atom is 0.344 e. The second-order valence-corrected chi connectivity index (χ2v) is 7.09. The van der Waals surface area contributed by atoms with E-state index in [-0.39, 0.29) is 29.7 Å². The Morgan fingerprint density at radius 2 is 2.00 bits per heavy atom. The fourth-order valence-corrected chi connectivity index (χ4v) is 3.63. The summed E-state index contributed by atoms with van der Waals surface area (Å²) in [7, 11) is 0. The van der Waals surface area contributed by atoms with E-state index in [2.05, 4.69) is 15.5 Å². The second kappa shape index (κ2) is 7.73. The third kappa shape index (κ3) is 3.84. The van der Waals surface area contributed by atoms with Gasteiger partial charge in [0.25, 0.3) is 5.91 Å². The number of benzene rings is 2. The number of nitrogens with zero attached hydrogens (tertiary/aromatic N) is 2. The monoisotopic (exact) mass is 396 g/mol. The number of thioether (sulfide) groups is 1. The summed E-state index contributed by atoms with van der Waals surface area (Å²) < 4.78 is 6.79. The van der Waals surface area contributed by atoms with Crippen molar-refractivity contribution in [2.75, 3.05) is 17.7 Å². The van der Waals surface area contributed by atoms with Gasteiger partial charge in [0.2, 0.25) is 0 Å². The molecule has 2 heterocycles. The summed E-state index contributed by atoms with van der Waals surface area (Å²) in [6.45, 7) is 0.336. The van der Waals surface area contributed by atoms with Crippen LogP contribution in [0.2, 0.25) is 0 Å². The van der Waals surface area contributed by atoms with Gasteiger partial charge in [-0.25, -0.2) is 9.89 Å². The molecular formula is C19H16N4O4S.